The standard InChI is InChI=1S/C28H40N4O3Si/c1-8-24(30-26(33)35-27(2,3)4)25(31-32-29)20-15-21-34-36(28(5,6)7,22-16-11-9-12-17-22)23-18-13-10-14-19-23/h8-14,16-19,24-25H,1,15,20-21H2,2-7H3,(H,30,33)/t24-,25-/m1/s1. The normalized spacial score (nSPS) is 13.7. The van der Waals surface area contributed by atoms with E-state index in [1.807, 2.05) is 12.1 Å². The molecule has 0 aliphatic carbocycles. The molecule has 7 nitrogen and oxygen atoms in total. The molecule has 0 aromatic heterocycles. The highest BCUT2D eigenvalue weighted by Gasteiger charge is 2.50. The first kappa shape index (κ1) is 29.2. The third-order valence-corrected chi connectivity index (χ3v) is 11.0. The SMILES string of the molecule is C=C[C@@H](NC(=O)OC(C)(C)C)[C@@H](CCCO[Si](c1ccccc1)(c1ccccc1)C(C)(C)C)N=[N+]=[N-]. The number of carbonyl (C=O) groups is 1. The van der Waals surface area contributed by atoms with Crippen molar-refractivity contribution in [1.29, 1.82) is 0 Å². The van der Waals surface area contributed by atoms with Gasteiger partial charge in [0.15, 0.2) is 0 Å². The maximum atomic E-state index is 12.3. The van der Waals surface area contributed by atoms with Crippen LogP contribution in [-0.4, -0.2) is 38.7 Å². The first-order chi connectivity index (χ1) is 16.9. The molecular weight excluding hydrogens is 468 g/mol. The smallest absolute Gasteiger partial charge is 0.408 e. The summed E-state index contributed by atoms with van der Waals surface area (Å²) < 4.78 is 12.3. The van der Waals surface area contributed by atoms with Gasteiger partial charge < -0.3 is 14.5 Å². The van der Waals surface area contributed by atoms with Gasteiger partial charge in [0.1, 0.15) is 5.60 Å². The summed E-state index contributed by atoms with van der Waals surface area (Å²) in [6.07, 6.45) is 2.17. The van der Waals surface area contributed by atoms with E-state index in [2.05, 4.69) is 91.2 Å². The van der Waals surface area contributed by atoms with Crippen molar-refractivity contribution in [3.63, 3.8) is 0 Å². The summed E-state index contributed by atoms with van der Waals surface area (Å²) in [4.78, 5) is 15.3. The van der Waals surface area contributed by atoms with Gasteiger partial charge in [-0.2, -0.15) is 0 Å². The molecule has 194 valence electrons. The molecule has 8 heteroatoms. The van der Waals surface area contributed by atoms with Crippen molar-refractivity contribution in [3.05, 3.63) is 83.8 Å². The van der Waals surface area contributed by atoms with Crippen molar-refractivity contribution in [3.8, 4) is 0 Å². The molecule has 2 rings (SSSR count). The molecule has 0 aliphatic heterocycles. The van der Waals surface area contributed by atoms with Crippen molar-refractivity contribution in [2.45, 2.75) is 77.1 Å². The monoisotopic (exact) mass is 508 g/mol. The number of hydrogen-bond acceptors (Lipinski definition) is 4. The topological polar surface area (TPSA) is 96.3 Å². The van der Waals surface area contributed by atoms with Gasteiger partial charge >= 0.3 is 6.09 Å². The number of amides is 1. The lowest BCUT2D eigenvalue weighted by Gasteiger charge is -2.43. The maximum absolute atomic E-state index is 12.3. The summed E-state index contributed by atoms with van der Waals surface area (Å²) in [5.41, 5.74) is 8.52. The van der Waals surface area contributed by atoms with E-state index in [4.69, 9.17) is 14.7 Å². The Morgan fingerprint density at radius 3 is 2.00 bits per heavy atom. The second-order valence-corrected chi connectivity index (χ2v) is 15.1. The van der Waals surface area contributed by atoms with Crippen molar-refractivity contribution in [2.75, 3.05) is 6.61 Å². The van der Waals surface area contributed by atoms with Crippen LogP contribution in [0, 0.1) is 0 Å². The van der Waals surface area contributed by atoms with E-state index in [-0.39, 0.29) is 5.04 Å². The molecule has 0 spiro atoms. The summed E-state index contributed by atoms with van der Waals surface area (Å²) in [6.45, 7) is 16.4. The summed E-state index contributed by atoms with van der Waals surface area (Å²) in [5.74, 6) is 0. The van der Waals surface area contributed by atoms with Crippen LogP contribution in [0.5, 0.6) is 0 Å². The minimum atomic E-state index is -2.64. The zero-order valence-electron chi connectivity index (χ0n) is 22.4. The number of nitrogens with one attached hydrogen (secondary N) is 1. The zero-order chi connectivity index (χ0) is 26.8. The fourth-order valence-electron chi connectivity index (χ4n) is 4.41. The third-order valence-electron chi connectivity index (χ3n) is 5.93. The molecule has 0 bridgehead atoms. The van der Waals surface area contributed by atoms with Crippen LogP contribution in [0.25, 0.3) is 10.4 Å². The fraction of sp³-hybridized carbons (Fsp3) is 0.464. The predicted molar refractivity (Wildman–Crippen MR) is 149 cm³/mol. The van der Waals surface area contributed by atoms with E-state index in [0.717, 1.165) is 0 Å². The zero-order valence-corrected chi connectivity index (χ0v) is 23.4. The number of ether oxygens (including phenoxy) is 1. The van der Waals surface area contributed by atoms with Crippen LogP contribution in [0.15, 0.2) is 78.4 Å². The van der Waals surface area contributed by atoms with Crippen molar-refractivity contribution in [2.24, 2.45) is 5.11 Å². The van der Waals surface area contributed by atoms with E-state index >= 15 is 0 Å². The van der Waals surface area contributed by atoms with Gasteiger partial charge in [0.25, 0.3) is 8.32 Å². The van der Waals surface area contributed by atoms with Gasteiger partial charge in [-0.1, -0.05) is 92.6 Å². The van der Waals surface area contributed by atoms with Crippen LogP contribution in [0.3, 0.4) is 0 Å². The van der Waals surface area contributed by atoms with Gasteiger partial charge in [-0.25, -0.2) is 4.79 Å². The predicted octanol–water partition coefficient (Wildman–Crippen LogP) is 6.10. The van der Waals surface area contributed by atoms with Crippen molar-refractivity contribution < 1.29 is 14.0 Å². The number of nitrogens with zero attached hydrogens (tertiary/aromatic N) is 3. The lowest BCUT2D eigenvalue weighted by atomic mass is 10.0. The van der Waals surface area contributed by atoms with Crippen molar-refractivity contribution >= 4 is 24.8 Å². The molecule has 0 saturated heterocycles. The van der Waals surface area contributed by atoms with Crippen LogP contribution in [0.1, 0.15) is 54.4 Å². The number of alkyl carbamates (subject to hydrolysis) is 1. The van der Waals surface area contributed by atoms with Crippen LogP contribution in [0.4, 0.5) is 4.79 Å². The second kappa shape index (κ2) is 12.8. The average Bonchev–Trinajstić information content (AvgIpc) is 2.81. The Morgan fingerprint density at radius 2 is 1.58 bits per heavy atom. The van der Waals surface area contributed by atoms with Crippen LogP contribution >= 0.6 is 0 Å². The molecule has 1 N–H and O–H groups in total. The Bertz CT molecular complexity index is 987. The molecule has 2 aromatic rings. The second-order valence-electron chi connectivity index (χ2n) is 10.8. The van der Waals surface area contributed by atoms with E-state index in [0.29, 0.717) is 19.4 Å². The Kier molecular flexibility index (Phi) is 10.3. The average molecular weight is 509 g/mol. The van der Waals surface area contributed by atoms with Crippen LogP contribution in [0.2, 0.25) is 5.04 Å². The molecular formula is C28H40N4O3Si. The number of azide groups is 1. The molecule has 0 aliphatic rings. The molecule has 36 heavy (non-hydrogen) atoms. The number of rotatable bonds is 11. The molecule has 2 aromatic carbocycles. The molecule has 0 saturated carbocycles. The highest BCUT2D eigenvalue weighted by Crippen LogP contribution is 2.36. The summed E-state index contributed by atoms with van der Waals surface area (Å²) in [6, 6.07) is 19.9. The van der Waals surface area contributed by atoms with Gasteiger partial charge in [0, 0.05) is 11.5 Å². The highest BCUT2D eigenvalue weighted by molar-refractivity contribution is 6.99. The Balaban J connectivity index is 2.22. The van der Waals surface area contributed by atoms with E-state index in [1.165, 1.54) is 10.4 Å². The lowest BCUT2D eigenvalue weighted by Crippen LogP contribution is -2.66. The van der Waals surface area contributed by atoms with E-state index in [9.17, 15) is 4.79 Å². The van der Waals surface area contributed by atoms with Crippen molar-refractivity contribution in [1.82, 2.24) is 5.32 Å². The summed E-state index contributed by atoms with van der Waals surface area (Å²) in [5, 5.41) is 9.01. The van der Waals surface area contributed by atoms with Crippen LogP contribution < -0.4 is 15.7 Å². The number of carbonyl (C=O) groups excluding carboxylic acids is 1. The molecule has 0 fully saturated rings. The third kappa shape index (κ3) is 7.72. The first-order valence-electron chi connectivity index (χ1n) is 12.4. The Labute approximate surface area is 216 Å². The number of benzene rings is 2. The van der Waals surface area contributed by atoms with Gasteiger partial charge in [0.2, 0.25) is 0 Å². The quantitative estimate of drug-likeness (QED) is 0.0991. The van der Waals surface area contributed by atoms with Gasteiger partial charge in [-0.05, 0) is 54.6 Å². The summed E-state index contributed by atoms with van der Waals surface area (Å²) >= 11 is 0. The van der Waals surface area contributed by atoms with Crippen LogP contribution in [-0.2, 0) is 9.16 Å². The molecule has 0 radical (unpaired) electrons. The maximum Gasteiger partial charge on any atom is 0.408 e. The summed E-state index contributed by atoms with van der Waals surface area (Å²) in [7, 11) is -2.64. The Morgan fingerprint density at radius 1 is 1.06 bits per heavy atom. The molecule has 0 heterocycles. The Hall–Kier alpha value is -3.06. The van der Waals surface area contributed by atoms with Gasteiger partial charge in [-0.3, -0.25) is 0 Å². The molecule has 0 unspecified atom stereocenters. The van der Waals surface area contributed by atoms with E-state index in [1.54, 1.807) is 26.8 Å². The highest BCUT2D eigenvalue weighted by atomic mass is 28.4. The molecule has 1 amide bonds. The first-order valence-corrected chi connectivity index (χ1v) is 14.3. The minimum absolute atomic E-state index is 0.123. The van der Waals surface area contributed by atoms with E-state index < -0.39 is 32.1 Å². The largest absolute Gasteiger partial charge is 0.444 e. The molecule has 2 atom stereocenters. The van der Waals surface area contributed by atoms with Gasteiger partial charge in [0.05, 0.1) is 12.1 Å². The fourth-order valence-corrected chi connectivity index (χ4v) is 9.02. The van der Waals surface area contributed by atoms with Gasteiger partial charge in [-0.15, -0.1) is 6.58 Å². The minimum Gasteiger partial charge on any atom is -0.444 e. The lowest BCUT2D eigenvalue weighted by molar-refractivity contribution is 0.0507. The number of hydrogen-bond donors (Lipinski definition) is 1.